The molecule has 0 aromatic heterocycles. The molecule has 0 aromatic rings. The van der Waals surface area contributed by atoms with Crippen molar-refractivity contribution in [2.24, 2.45) is 0 Å². The molecule has 0 saturated carbocycles. The Morgan fingerprint density at radius 2 is 1.79 bits per heavy atom. The van der Waals surface area contributed by atoms with Gasteiger partial charge < -0.3 is 15.2 Å². The molecular formula is C11H18F3NO4. The number of nitrogens with one attached hydrogen (secondary N) is 1. The van der Waals surface area contributed by atoms with Gasteiger partial charge in [-0.05, 0) is 13.3 Å². The first-order valence-corrected chi connectivity index (χ1v) is 5.92. The van der Waals surface area contributed by atoms with Crippen LogP contribution in [-0.4, -0.2) is 41.9 Å². The van der Waals surface area contributed by atoms with Crippen LogP contribution in [0.2, 0.25) is 0 Å². The van der Waals surface area contributed by atoms with Gasteiger partial charge in [-0.25, -0.2) is 4.79 Å². The molecule has 1 unspecified atom stereocenters. The zero-order chi connectivity index (χ0) is 15.1. The summed E-state index contributed by atoms with van der Waals surface area (Å²) in [5.74, 6) is -2.32. The maximum Gasteiger partial charge on any atom is 0.390 e. The van der Waals surface area contributed by atoms with Gasteiger partial charge in [0, 0.05) is 6.54 Å². The highest BCUT2D eigenvalue weighted by Gasteiger charge is 2.44. The van der Waals surface area contributed by atoms with E-state index in [-0.39, 0.29) is 13.0 Å². The number of ether oxygens (including phenoxy) is 1. The van der Waals surface area contributed by atoms with Crippen LogP contribution in [0.5, 0.6) is 0 Å². The lowest BCUT2D eigenvalue weighted by atomic mass is 9.97. The Morgan fingerprint density at radius 3 is 2.21 bits per heavy atom. The zero-order valence-corrected chi connectivity index (χ0v) is 10.8. The molecule has 8 heteroatoms. The Morgan fingerprint density at radius 1 is 1.21 bits per heavy atom. The quantitative estimate of drug-likeness (QED) is 0.543. The van der Waals surface area contributed by atoms with Gasteiger partial charge in [0.1, 0.15) is 0 Å². The highest BCUT2D eigenvalue weighted by Crippen LogP contribution is 2.19. The van der Waals surface area contributed by atoms with Crippen LogP contribution in [0.25, 0.3) is 0 Å². The van der Waals surface area contributed by atoms with Crippen LogP contribution in [0.1, 0.15) is 33.1 Å². The third-order valence-corrected chi connectivity index (χ3v) is 2.29. The van der Waals surface area contributed by atoms with Crippen molar-refractivity contribution < 1.29 is 32.6 Å². The second-order valence-corrected chi connectivity index (χ2v) is 3.95. The average Bonchev–Trinajstić information content (AvgIpc) is 2.27. The first-order chi connectivity index (χ1) is 8.67. The highest BCUT2D eigenvalue weighted by atomic mass is 19.4. The van der Waals surface area contributed by atoms with Crippen LogP contribution in [-0.2, 0) is 14.3 Å². The summed E-state index contributed by atoms with van der Waals surface area (Å²) in [4.78, 5) is 23.1. The Bertz CT molecular complexity index is 320. The molecule has 1 atom stereocenters. The number of amides is 1. The molecule has 1 amide bonds. The van der Waals surface area contributed by atoms with E-state index in [9.17, 15) is 27.9 Å². The minimum Gasteiger partial charge on any atom is -0.463 e. The van der Waals surface area contributed by atoms with E-state index in [0.717, 1.165) is 0 Å². The number of carbonyl (C=O) groups is 2. The van der Waals surface area contributed by atoms with Crippen LogP contribution < -0.4 is 5.32 Å². The van der Waals surface area contributed by atoms with E-state index in [4.69, 9.17) is 0 Å². The molecule has 0 aliphatic carbocycles. The summed E-state index contributed by atoms with van der Waals surface area (Å²) in [6.07, 6.45) is -5.57. The molecular weight excluding hydrogens is 267 g/mol. The van der Waals surface area contributed by atoms with Gasteiger partial charge in [-0.15, -0.1) is 0 Å². The molecule has 0 bridgehead atoms. The largest absolute Gasteiger partial charge is 0.463 e. The lowest BCUT2D eigenvalue weighted by Gasteiger charge is -2.24. The standard InChI is InChI=1S/C11H18F3NO4/c1-3-5-10(18,9(17)19-4-2)8(16)15-7-6-11(12,13)14/h18H,3-7H2,1-2H3,(H,15,16). The zero-order valence-electron chi connectivity index (χ0n) is 10.8. The maximum absolute atomic E-state index is 11.9. The van der Waals surface area contributed by atoms with Crippen LogP contribution in [0.15, 0.2) is 0 Å². The molecule has 0 aliphatic heterocycles. The molecule has 5 nitrogen and oxygen atoms in total. The number of esters is 1. The molecule has 0 aliphatic rings. The topological polar surface area (TPSA) is 75.6 Å². The number of alkyl halides is 3. The fourth-order valence-electron chi connectivity index (χ4n) is 1.38. The van der Waals surface area contributed by atoms with Gasteiger partial charge in [0.05, 0.1) is 13.0 Å². The fourth-order valence-corrected chi connectivity index (χ4v) is 1.38. The van der Waals surface area contributed by atoms with Crippen LogP contribution in [0.4, 0.5) is 13.2 Å². The molecule has 0 heterocycles. The molecule has 0 spiro atoms. The summed E-state index contributed by atoms with van der Waals surface area (Å²) >= 11 is 0. The smallest absolute Gasteiger partial charge is 0.390 e. The molecule has 112 valence electrons. The van der Waals surface area contributed by atoms with Gasteiger partial charge >= 0.3 is 12.1 Å². The van der Waals surface area contributed by atoms with Crippen molar-refractivity contribution in [3.8, 4) is 0 Å². The third kappa shape index (κ3) is 5.91. The number of rotatable bonds is 7. The molecule has 0 aromatic carbocycles. The van der Waals surface area contributed by atoms with Crippen LogP contribution >= 0.6 is 0 Å². The summed E-state index contributed by atoms with van der Waals surface area (Å²) in [6, 6.07) is 0. The predicted octanol–water partition coefficient (Wildman–Crippen LogP) is 1.15. The molecule has 19 heavy (non-hydrogen) atoms. The summed E-state index contributed by atoms with van der Waals surface area (Å²) in [6.45, 7) is 2.37. The van der Waals surface area contributed by atoms with Crippen molar-refractivity contribution in [2.45, 2.75) is 44.9 Å². The van der Waals surface area contributed by atoms with E-state index >= 15 is 0 Å². The second-order valence-electron chi connectivity index (χ2n) is 3.95. The van der Waals surface area contributed by atoms with E-state index in [2.05, 4.69) is 4.74 Å². The van der Waals surface area contributed by atoms with Crippen molar-refractivity contribution in [1.29, 1.82) is 0 Å². The number of hydrogen-bond acceptors (Lipinski definition) is 4. The minimum absolute atomic E-state index is 0.0410. The van der Waals surface area contributed by atoms with E-state index < -0.39 is 36.6 Å². The van der Waals surface area contributed by atoms with Crippen molar-refractivity contribution in [3.63, 3.8) is 0 Å². The summed E-state index contributed by atoms with van der Waals surface area (Å²) in [7, 11) is 0. The lowest BCUT2D eigenvalue weighted by Crippen LogP contribution is -2.54. The van der Waals surface area contributed by atoms with Crippen LogP contribution in [0, 0.1) is 0 Å². The number of halogens is 3. The van der Waals surface area contributed by atoms with Crippen molar-refractivity contribution in [1.82, 2.24) is 5.32 Å². The Hall–Kier alpha value is -1.31. The van der Waals surface area contributed by atoms with Gasteiger partial charge in [0.2, 0.25) is 5.60 Å². The van der Waals surface area contributed by atoms with E-state index in [1.165, 1.54) is 6.92 Å². The third-order valence-electron chi connectivity index (χ3n) is 2.29. The normalized spacial score (nSPS) is 14.6. The molecule has 0 rings (SSSR count). The first-order valence-electron chi connectivity index (χ1n) is 5.92. The van der Waals surface area contributed by atoms with Gasteiger partial charge in [0.25, 0.3) is 5.91 Å². The number of aliphatic hydroxyl groups is 1. The Labute approximate surface area is 109 Å². The van der Waals surface area contributed by atoms with E-state index in [0.29, 0.717) is 6.42 Å². The highest BCUT2D eigenvalue weighted by molar-refractivity contribution is 6.05. The first kappa shape index (κ1) is 17.7. The number of carbonyl (C=O) groups excluding carboxylic acids is 2. The Balaban J connectivity index is 4.61. The molecule has 0 radical (unpaired) electrons. The number of hydrogen-bond donors (Lipinski definition) is 2. The van der Waals surface area contributed by atoms with Crippen molar-refractivity contribution in [3.05, 3.63) is 0 Å². The maximum atomic E-state index is 11.9. The predicted molar refractivity (Wildman–Crippen MR) is 60.2 cm³/mol. The Kier molecular flexibility index (Phi) is 6.82. The molecule has 0 fully saturated rings. The monoisotopic (exact) mass is 285 g/mol. The van der Waals surface area contributed by atoms with Crippen molar-refractivity contribution >= 4 is 11.9 Å². The summed E-state index contributed by atoms with van der Waals surface area (Å²) < 4.78 is 40.3. The van der Waals surface area contributed by atoms with Gasteiger partial charge in [-0.2, -0.15) is 13.2 Å². The summed E-state index contributed by atoms with van der Waals surface area (Å²) in [5.41, 5.74) is -2.43. The molecule has 2 N–H and O–H groups in total. The fraction of sp³-hybridized carbons (Fsp3) is 0.818. The van der Waals surface area contributed by atoms with E-state index in [1.54, 1.807) is 6.92 Å². The summed E-state index contributed by atoms with van der Waals surface area (Å²) in [5, 5.41) is 11.8. The molecule has 0 saturated heterocycles. The van der Waals surface area contributed by atoms with Gasteiger partial charge in [0.15, 0.2) is 0 Å². The lowest BCUT2D eigenvalue weighted by molar-refractivity contribution is -0.172. The van der Waals surface area contributed by atoms with Crippen molar-refractivity contribution in [2.75, 3.05) is 13.2 Å². The minimum atomic E-state index is -4.42. The average molecular weight is 285 g/mol. The van der Waals surface area contributed by atoms with Gasteiger partial charge in [-0.3, -0.25) is 4.79 Å². The second kappa shape index (κ2) is 7.32. The van der Waals surface area contributed by atoms with Crippen LogP contribution in [0.3, 0.4) is 0 Å². The van der Waals surface area contributed by atoms with E-state index in [1.807, 2.05) is 5.32 Å². The SMILES string of the molecule is CCCC(O)(C(=O)NCCC(F)(F)F)C(=O)OCC. The van der Waals surface area contributed by atoms with Gasteiger partial charge in [-0.1, -0.05) is 13.3 Å².